The van der Waals surface area contributed by atoms with Gasteiger partial charge in [0.1, 0.15) is 11.6 Å². The third-order valence-electron chi connectivity index (χ3n) is 3.18. The molecule has 2 aromatic carbocycles. The molecule has 0 atom stereocenters. The van der Waals surface area contributed by atoms with Crippen molar-refractivity contribution in [3.05, 3.63) is 59.0 Å². The SMILES string of the molecule is NC(N)=NC(=O)c1cc2c(-c3cc(F)cc(F)c3)cccc2s1. The second kappa shape index (κ2) is 5.77. The second-order valence-corrected chi connectivity index (χ2v) is 5.91. The highest BCUT2D eigenvalue weighted by molar-refractivity contribution is 7.20. The van der Waals surface area contributed by atoms with Gasteiger partial charge in [0.15, 0.2) is 5.96 Å². The molecule has 0 spiro atoms. The van der Waals surface area contributed by atoms with E-state index in [9.17, 15) is 13.6 Å². The molecule has 0 aliphatic carbocycles. The van der Waals surface area contributed by atoms with E-state index in [-0.39, 0.29) is 5.96 Å². The quantitative estimate of drug-likeness (QED) is 0.558. The molecular formula is C16H11F2N3OS. The van der Waals surface area contributed by atoms with E-state index in [4.69, 9.17) is 11.5 Å². The standard InChI is InChI=1S/C16H11F2N3OS/c17-9-4-8(5-10(18)6-9)11-2-1-3-13-12(11)7-14(23-13)15(22)21-16(19)20/h1-7H,(H4,19,20,21,22). The fourth-order valence-electron chi connectivity index (χ4n) is 2.30. The van der Waals surface area contributed by atoms with Gasteiger partial charge in [0.25, 0.3) is 5.91 Å². The largest absolute Gasteiger partial charge is 0.370 e. The average Bonchev–Trinajstić information content (AvgIpc) is 2.89. The monoisotopic (exact) mass is 331 g/mol. The first-order valence-electron chi connectivity index (χ1n) is 6.57. The van der Waals surface area contributed by atoms with E-state index < -0.39 is 17.5 Å². The van der Waals surface area contributed by atoms with E-state index in [2.05, 4.69) is 4.99 Å². The molecule has 3 rings (SSSR count). The van der Waals surface area contributed by atoms with Crippen LogP contribution in [0.5, 0.6) is 0 Å². The Hall–Kier alpha value is -2.80. The predicted octanol–water partition coefficient (Wildman–Crippen LogP) is 3.26. The Morgan fingerprint density at radius 2 is 1.74 bits per heavy atom. The van der Waals surface area contributed by atoms with Gasteiger partial charge in [-0.15, -0.1) is 11.3 Å². The number of hydrogen-bond donors (Lipinski definition) is 2. The van der Waals surface area contributed by atoms with Crippen molar-refractivity contribution in [2.45, 2.75) is 0 Å². The molecule has 4 nitrogen and oxygen atoms in total. The summed E-state index contributed by atoms with van der Waals surface area (Å²) in [5.74, 6) is -2.20. The van der Waals surface area contributed by atoms with Crippen LogP contribution in [0.25, 0.3) is 21.2 Å². The number of nitrogens with zero attached hydrogens (tertiary/aromatic N) is 1. The Morgan fingerprint density at radius 3 is 2.39 bits per heavy atom. The van der Waals surface area contributed by atoms with Gasteiger partial charge in [-0.3, -0.25) is 4.79 Å². The highest BCUT2D eigenvalue weighted by atomic mass is 32.1. The predicted molar refractivity (Wildman–Crippen MR) is 87.3 cm³/mol. The first-order chi connectivity index (χ1) is 10.9. The van der Waals surface area contributed by atoms with E-state index >= 15 is 0 Å². The molecule has 23 heavy (non-hydrogen) atoms. The van der Waals surface area contributed by atoms with Gasteiger partial charge in [-0.05, 0) is 35.4 Å². The lowest BCUT2D eigenvalue weighted by atomic mass is 10.0. The fraction of sp³-hybridized carbons (Fsp3) is 0. The fourth-order valence-corrected chi connectivity index (χ4v) is 3.27. The lowest BCUT2D eigenvalue weighted by Crippen LogP contribution is -2.24. The first kappa shape index (κ1) is 15.1. The summed E-state index contributed by atoms with van der Waals surface area (Å²) in [7, 11) is 0. The number of hydrogen-bond acceptors (Lipinski definition) is 2. The number of guanidine groups is 1. The van der Waals surface area contributed by atoms with Crippen LogP contribution in [0, 0.1) is 11.6 Å². The van der Waals surface area contributed by atoms with Crippen LogP contribution in [0.4, 0.5) is 8.78 Å². The summed E-state index contributed by atoms with van der Waals surface area (Å²) in [6.45, 7) is 0. The Labute approximate surface area is 134 Å². The molecule has 0 saturated carbocycles. The zero-order valence-corrected chi connectivity index (χ0v) is 12.5. The Morgan fingerprint density at radius 1 is 1.04 bits per heavy atom. The molecule has 4 N–H and O–H groups in total. The number of carbonyl (C=O) groups excluding carboxylic acids is 1. The van der Waals surface area contributed by atoms with Gasteiger partial charge in [0.2, 0.25) is 0 Å². The number of aliphatic imine (C=N–C) groups is 1. The molecule has 7 heteroatoms. The molecule has 0 aliphatic rings. The van der Waals surface area contributed by atoms with E-state index in [0.717, 1.165) is 10.8 Å². The van der Waals surface area contributed by atoms with Crippen molar-refractivity contribution in [2.75, 3.05) is 0 Å². The van der Waals surface area contributed by atoms with Gasteiger partial charge in [0.05, 0.1) is 4.88 Å². The number of fused-ring (bicyclic) bond motifs is 1. The maximum Gasteiger partial charge on any atom is 0.290 e. The van der Waals surface area contributed by atoms with Crippen molar-refractivity contribution in [1.82, 2.24) is 0 Å². The molecule has 0 fully saturated rings. The minimum Gasteiger partial charge on any atom is -0.370 e. The van der Waals surface area contributed by atoms with Crippen LogP contribution in [0.15, 0.2) is 47.5 Å². The minimum absolute atomic E-state index is 0.320. The molecule has 1 amide bonds. The second-order valence-electron chi connectivity index (χ2n) is 4.83. The summed E-state index contributed by atoms with van der Waals surface area (Å²) in [4.78, 5) is 15.8. The Bertz CT molecular complexity index is 925. The van der Waals surface area contributed by atoms with Crippen LogP contribution < -0.4 is 11.5 Å². The maximum atomic E-state index is 13.5. The highest BCUT2D eigenvalue weighted by Crippen LogP contribution is 2.35. The zero-order valence-electron chi connectivity index (χ0n) is 11.7. The number of carbonyl (C=O) groups is 1. The molecule has 0 unspecified atom stereocenters. The van der Waals surface area contributed by atoms with Gasteiger partial charge in [-0.2, -0.15) is 4.99 Å². The van der Waals surface area contributed by atoms with Crippen LogP contribution >= 0.6 is 11.3 Å². The van der Waals surface area contributed by atoms with Crippen LogP contribution in [0.3, 0.4) is 0 Å². The number of thiophene rings is 1. The summed E-state index contributed by atoms with van der Waals surface area (Å²) in [5, 5.41) is 0.705. The van der Waals surface area contributed by atoms with Crippen molar-refractivity contribution in [3.8, 4) is 11.1 Å². The lowest BCUT2D eigenvalue weighted by Gasteiger charge is -2.04. The van der Waals surface area contributed by atoms with Gasteiger partial charge in [-0.25, -0.2) is 8.78 Å². The Balaban J connectivity index is 2.17. The maximum absolute atomic E-state index is 13.5. The number of rotatable bonds is 2. The Kier molecular flexibility index (Phi) is 3.79. The summed E-state index contributed by atoms with van der Waals surface area (Å²) < 4.78 is 27.7. The van der Waals surface area contributed by atoms with Gasteiger partial charge in [0, 0.05) is 16.2 Å². The van der Waals surface area contributed by atoms with Crippen LogP contribution in [-0.4, -0.2) is 11.9 Å². The minimum atomic E-state index is -0.663. The summed E-state index contributed by atoms with van der Waals surface area (Å²) >= 11 is 1.21. The lowest BCUT2D eigenvalue weighted by molar-refractivity contribution is 0.101. The van der Waals surface area contributed by atoms with Crippen LogP contribution in [-0.2, 0) is 0 Å². The zero-order chi connectivity index (χ0) is 16.6. The van der Waals surface area contributed by atoms with Crippen molar-refractivity contribution in [3.63, 3.8) is 0 Å². The van der Waals surface area contributed by atoms with Crippen LogP contribution in [0.1, 0.15) is 9.67 Å². The molecule has 0 radical (unpaired) electrons. The summed E-state index contributed by atoms with van der Waals surface area (Å²) in [6, 6.07) is 10.2. The van der Waals surface area contributed by atoms with Gasteiger partial charge < -0.3 is 11.5 Å². The van der Waals surface area contributed by atoms with Crippen molar-refractivity contribution in [2.24, 2.45) is 16.5 Å². The third-order valence-corrected chi connectivity index (χ3v) is 4.26. The smallest absolute Gasteiger partial charge is 0.290 e. The van der Waals surface area contributed by atoms with Gasteiger partial charge in [-0.1, -0.05) is 12.1 Å². The molecule has 0 saturated heterocycles. The molecule has 0 bridgehead atoms. The van der Waals surface area contributed by atoms with E-state index in [1.165, 1.54) is 23.5 Å². The molecule has 116 valence electrons. The summed E-state index contributed by atoms with van der Waals surface area (Å²) in [6.07, 6.45) is 0. The average molecular weight is 331 g/mol. The number of amides is 1. The van der Waals surface area contributed by atoms with Crippen molar-refractivity contribution in [1.29, 1.82) is 0 Å². The number of benzene rings is 2. The normalized spacial score (nSPS) is 10.7. The first-order valence-corrected chi connectivity index (χ1v) is 7.38. The molecule has 1 aromatic heterocycles. The molecule has 3 aromatic rings. The summed E-state index contributed by atoms with van der Waals surface area (Å²) in [5.41, 5.74) is 11.4. The van der Waals surface area contributed by atoms with Gasteiger partial charge >= 0.3 is 0 Å². The van der Waals surface area contributed by atoms with Crippen molar-refractivity contribution < 1.29 is 13.6 Å². The van der Waals surface area contributed by atoms with E-state index in [1.54, 1.807) is 18.2 Å². The molecular weight excluding hydrogens is 320 g/mol. The van der Waals surface area contributed by atoms with E-state index in [0.29, 0.717) is 21.4 Å². The number of nitrogens with two attached hydrogens (primary N) is 2. The van der Waals surface area contributed by atoms with E-state index in [1.807, 2.05) is 6.07 Å². The molecule has 0 aliphatic heterocycles. The van der Waals surface area contributed by atoms with Crippen molar-refractivity contribution >= 4 is 33.3 Å². The highest BCUT2D eigenvalue weighted by Gasteiger charge is 2.14. The third kappa shape index (κ3) is 3.04. The van der Waals surface area contributed by atoms with Crippen LogP contribution in [0.2, 0.25) is 0 Å². The topological polar surface area (TPSA) is 81.5 Å². The number of halogens is 2. The molecule has 1 heterocycles.